The molecule has 4 aromatic carbocycles. The molecule has 0 bridgehead atoms. The van der Waals surface area contributed by atoms with Crippen LogP contribution in [0.5, 0.6) is 0 Å². The molecule has 213 valence electrons. The van der Waals surface area contributed by atoms with Gasteiger partial charge in [0.25, 0.3) is 0 Å². The molecule has 0 aliphatic rings. The van der Waals surface area contributed by atoms with E-state index in [4.69, 9.17) is 0 Å². The molecule has 2 nitrogen and oxygen atoms in total. The minimum Gasteiger partial charge on any atom is -0.299 e. The Bertz CT molecular complexity index is 1320. The molecule has 0 saturated carbocycles. The van der Waals surface area contributed by atoms with Crippen molar-refractivity contribution < 1.29 is 9.59 Å². The van der Waals surface area contributed by atoms with E-state index in [2.05, 4.69) is 74.7 Å². The van der Waals surface area contributed by atoms with Gasteiger partial charge in [-0.05, 0) is 56.6 Å². The first-order chi connectivity index (χ1) is 19.7. The maximum absolute atomic E-state index is 13.5. The average Bonchev–Trinajstić information content (AvgIpc) is 2.98. The van der Waals surface area contributed by atoms with E-state index in [1.54, 1.807) is 0 Å². The molecular weight excluding hydrogens is 488 g/mol. The van der Waals surface area contributed by atoms with Crippen LogP contribution in [-0.2, 0) is 9.59 Å². The molecule has 0 spiro atoms. The Balaban J connectivity index is 1.32. The standard InChI is InChI=1S/C38H49O2/c1-3-5-6-7-8-9-10-11-12-13-14-15-16-20-36(40)34(27-28-39)32(4-2)33-25-23-31-22-21-29-18-17-19-30-24-26-35(33)38(31)37(29)30/h17-19,21-26,32,34H,3-16,20,27H2,1-2H3. The van der Waals surface area contributed by atoms with Gasteiger partial charge in [0.1, 0.15) is 5.78 Å². The third kappa shape index (κ3) is 7.50. The predicted octanol–water partition coefficient (Wildman–Crippen LogP) is 11.2. The fourth-order valence-corrected chi connectivity index (χ4v) is 6.88. The number of hydrogen-bond donors (Lipinski definition) is 0. The van der Waals surface area contributed by atoms with Crippen molar-refractivity contribution in [2.24, 2.45) is 5.92 Å². The first-order valence-electron chi connectivity index (χ1n) is 16.2. The molecule has 0 N–H and O–H groups in total. The maximum Gasteiger partial charge on any atom is 0.199 e. The molecule has 1 radical (unpaired) electrons. The summed E-state index contributed by atoms with van der Waals surface area (Å²) < 4.78 is 0. The summed E-state index contributed by atoms with van der Waals surface area (Å²) in [4.78, 5) is 25.1. The summed E-state index contributed by atoms with van der Waals surface area (Å²) in [6.45, 7) is 4.42. The SMILES string of the molecule is CCCCCCCCCCCCCCCC(=O)C(C[C]=O)C(CC)c1ccc2ccc3cccc4ccc1c2c34. The number of benzene rings is 4. The van der Waals surface area contributed by atoms with Gasteiger partial charge in [0.2, 0.25) is 0 Å². The highest BCUT2D eigenvalue weighted by Gasteiger charge is 2.29. The molecule has 0 aliphatic heterocycles. The Hall–Kier alpha value is -2.74. The molecule has 2 heteroatoms. The van der Waals surface area contributed by atoms with Crippen molar-refractivity contribution in [1.82, 2.24) is 0 Å². The molecule has 0 aromatic heterocycles. The van der Waals surface area contributed by atoms with Crippen molar-refractivity contribution in [3.63, 3.8) is 0 Å². The van der Waals surface area contributed by atoms with Crippen LogP contribution in [0.2, 0.25) is 0 Å². The molecule has 0 aliphatic carbocycles. The zero-order valence-corrected chi connectivity index (χ0v) is 25.0. The van der Waals surface area contributed by atoms with E-state index in [0.717, 1.165) is 19.3 Å². The van der Waals surface area contributed by atoms with Crippen molar-refractivity contribution in [3.05, 3.63) is 60.2 Å². The quantitative estimate of drug-likeness (QED) is 0.0829. The van der Waals surface area contributed by atoms with E-state index < -0.39 is 0 Å². The Morgan fingerprint density at radius 1 is 0.650 bits per heavy atom. The summed E-state index contributed by atoms with van der Waals surface area (Å²) in [6.07, 6.45) is 20.6. The molecule has 0 heterocycles. The number of hydrogen-bond acceptors (Lipinski definition) is 2. The number of Topliss-reactive ketones (excluding diaryl/α,β-unsaturated/α-hetero) is 1. The second kappa shape index (κ2) is 15.9. The largest absolute Gasteiger partial charge is 0.299 e. The van der Waals surface area contributed by atoms with E-state index in [1.807, 2.05) is 0 Å². The zero-order chi connectivity index (χ0) is 28.2. The number of carbonyl (C=O) groups is 1. The topological polar surface area (TPSA) is 34.1 Å². The van der Waals surface area contributed by atoms with Gasteiger partial charge in [0.05, 0.1) is 0 Å². The van der Waals surface area contributed by atoms with E-state index in [0.29, 0.717) is 6.42 Å². The molecule has 2 atom stereocenters. The number of rotatable bonds is 20. The minimum atomic E-state index is -0.293. The van der Waals surface area contributed by atoms with Gasteiger partial charge in [-0.2, -0.15) is 0 Å². The molecule has 40 heavy (non-hydrogen) atoms. The first kappa shape index (κ1) is 30.2. The number of ketones is 1. The third-order valence-corrected chi connectivity index (χ3v) is 9.13. The van der Waals surface area contributed by atoms with Crippen LogP contribution in [0.3, 0.4) is 0 Å². The molecule has 2 unspecified atom stereocenters. The van der Waals surface area contributed by atoms with Crippen molar-refractivity contribution in [2.75, 3.05) is 0 Å². The van der Waals surface area contributed by atoms with Gasteiger partial charge >= 0.3 is 0 Å². The van der Waals surface area contributed by atoms with Crippen LogP contribution in [-0.4, -0.2) is 12.1 Å². The molecular formula is C38H49O2. The van der Waals surface area contributed by atoms with Gasteiger partial charge in [0, 0.05) is 18.8 Å². The van der Waals surface area contributed by atoms with Crippen LogP contribution in [0, 0.1) is 5.92 Å². The second-order valence-corrected chi connectivity index (χ2v) is 11.9. The zero-order valence-electron chi connectivity index (χ0n) is 25.0. The van der Waals surface area contributed by atoms with Crippen LogP contribution in [0.15, 0.2) is 54.6 Å². The monoisotopic (exact) mass is 537 g/mol. The highest BCUT2D eigenvalue weighted by molar-refractivity contribution is 6.23. The summed E-state index contributed by atoms with van der Waals surface area (Å²) in [5.74, 6) is -0.0252. The summed E-state index contributed by atoms with van der Waals surface area (Å²) in [7, 11) is 0. The highest BCUT2D eigenvalue weighted by Crippen LogP contribution is 2.41. The van der Waals surface area contributed by atoms with Crippen molar-refractivity contribution in [3.8, 4) is 0 Å². The van der Waals surface area contributed by atoms with Gasteiger partial charge in [0.15, 0.2) is 6.29 Å². The first-order valence-corrected chi connectivity index (χ1v) is 16.2. The fourth-order valence-electron chi connectivity index (χ4n) is 6.88. The maximum atomic E-state index is 13.5. The van der Waals surface area contributed by atoms with Gasteiger partial charge in [-0.1, -0.05) is 145 Å². The van der Waals surface area contributed by atoms with Crippen LogP contribution in [0.4, 0.5) is 0 Å². The summed E-state index contributed by atoms with van der Waals surface area (Å²) >= 11 is 0. The lowest BCUT2D eigenvalue weighted by atomic mass is 9.76. The van der Waals surface area contributed by atoms with Gasteiger partial charge < -0.3 is 0 Å². The Kier molecular flexibility index (Phi) is 12.0. The summed E-state index contributed by atoms with van der Waals surface area (Å²) in [5, 5.41) is 7.53. The summed E-state index contributed by atoms with van der Waals surface area (Å²) in [5.41, 5.74) is 1.20. The normalized spacial score (nSPS) is 13.3. The van der Waals surface area contributed by atoms with Crippen LogP contribution in [0.1, 0.15) is 128 Å². The van der Waals surface area contributed by atoms with Gasteiger partial charge in [-0.15, -0.1) is 0 Å². The Morgan fingerprint density at radius 2 is 1.18 bits per heavy atom. The van der Waals surface area contributed by atoms with Crippen molar-refractivity contribution >= 4 is 44.4 Å². The van der Waals surface area contributed by atoms with Crippen LogP contribution >= 0.6 is 0 Å². The number of carbonyl (C=O) groups excluding carboxylic acids is 2. The Labute approximate surface area is 242 Å². The minimum absolute atomic E-state index is 0.0282. The fraction of sp³-hybridized carbons (Fsp3) is 0.526. The number of unbranched alkanes of at least 4 members (excludes halogenated alkanes) is 12. The third-order valence-electron chi connectivity index (χ3n) is 9.13. The molecule has 0 fully saturated rings. The summed E-state index contributed by atoms with van der Waals surface area (Å²) in [6, 6.07) is 19.7. The second-order valence-electron chi connectivity index (χ2n) is 11.9. The lowest BCUT2D eigenvalue weighted by Gasteiger charge is -2.26. The molecule has 0 saturated heterocycles. The van der Waals surface area contributed by atoms with E-state index in [9.17, 15) is 9.59 Å². The Morgan fingerprint density at radius 3 is 1.75 bits per heavy atom. The van der Waals surface area contributed by atoms with Crippen LogP contribution in [0.25, 0.3) is 32.3 Å². The molecule has 4 aromatic rings. The van der Waals surface area contributed by atoms with Crippen molar-refractivity contribution in [1.29, 1.82) is 0 Å². The molecule has 0 amide bonds. The molecule has 4 rings (SSSR count). The van der Waals surface area contributed by atoms with E-state index >= 15 is 0 Å². The highest BCUT2D eigenvalue weighted by atomic mass is 16.1. The van der Waals surface area contributed by atoms with E-state index in [1.165, 1.54) is 109 Å². The van der Waals surface area contributed by atoms with Gasteiger partial charge in [-0.3, -0.25) is 9.59 Å². The predicted molar refractivity (Wildman–Crippen MR) is 172 cm³/mol. The average molecular weight is 538 g/mol. The van der Waals surface area contributed by atoms with Crippen LogP contribution < -0.4 is 0 Å². The smallest absolute Gasteiger partial charge is 0.199 e. The van der Waals surface area contributed by atoms with E-state index in [-0.39, 0.29) is 24.0 Å². The lowest BCUT2D eigenvalue weighted by molar-refractivity contribution is -0.123. The van der Waals surface area contributed by atoms with Gasteiger partial charge in [-0.25, -0.2) is 0 Å². The van der Waals surface area contributed by atoms with Crippen molar-refractivity contribution in [2.45, 2.75) is 122 Å². The lowest BCUT2D eigenvalue weighted by Crippen LogP contribution is -2.23.